The summed E-state index contributed by atoms with van der Waals surface area (Å²) in [5.41, 5.74) is 5.21. The van der Waals surface area contributed by atoms with Gasteiger partial charge in [-0.3, -0.25) is 9.10 Å². The minimum absolute atomic E-state index is 0.146. The van der Waals surface area contributed by atoms with E-state index < -0.39 is 28.3 Å². The number of rotatable bonds is 11. The third-order valence-electron chi connectivity index (χ3n) is 5.84. The van der Waals surface area contributed by atoms with Crippen LogP contribution in [0.3, 0.4) is 0 Å². The van der Waals surface area contributed by atoms with E-state index in [1.165, 1.54) is 13.3 Å². The van der Waals surface area contributed by atoms with E-state index in [4.69, 9.17) is 9.47 Å². The number of carbonyl (C=O) groups is 1. The summed E-state index contributed by atoms with van der Waals surface area (Å²) in [6.45, 7) is 1.69. The fraction of sp³-hybridized carbons (Fsp3) is 0.133. The molecule has 4 aromatic rings. The molecule has 1 amide bonds. The number of sulfonamides is 1. The second kappa shape index (κ2) is 12.9. The Kier molecular flexibility index (Phi) is 9.13. The van der Waals surface area contributed by atoms with Crippen LogP contribution in [0.25, 0.3) is 0 Å². The van der Waals surface area contributed by atoms with Gasteiger partial charge in [-0.1, -0.05) is 48.0 Å². The van der Waals surface area contributed by atoms with Gasteiger partial charge < -0.3 is 9.47 Å². The van der Waals surface area contributed by atoms with Gasteiger partial charge in [0.2, 0.25) is 0 Å². The van der Waals surface area contributed by atoms with Crippen LogP contribution in [-0.2, 0) is 21.4 Å². The maximum atomic E-state index is 13.4. The summed E-state index contributed by atoms with van der Waals surface area (Å²) in [4.78, 5) is 12.6. The Morgan fingerprint density at radius 3 is 2.33 bits per heavy atom. The van der Waals surface area contributed by atoms with Crippen LogP contribution in [0.4, 0.5) is 10.1 Å². The highest BCUT2D eigenvalue weighted by molar-refractivity contribution is 7.92. The van der Waals surface area contributed by atoms with Crippen LogP contribution < -0.4 is 19.2 Å². The van der Waals surface area contributed by atoms with Crippen LogP contribution in [0, 0.1) is 12.7 Å². The predicted octanol–water partition coefficient (Wildman–Crippen LogP) is 5.07. The lowest BCUT2D eigenvalue weighted by atomic mass is 10.2. The van der Waals surface area contributed by atoms with Crippen molar-refractivity contribution in [2.45, 2.75) is 18.4 Å². The van der Waals surface area contributed by atoms with Gasteiger partial charge in [-0.15, -0.1) is 0 Å². The second-order valence-corrected chi connectivity index (χ2v) is 10.6. The Morgan fingerprint density at radius 1 is 0.950 bits per heavy atom. The summed E-state index contributed by atoms with van der Waals surface area (Å²) in [5, 5.41) is 3.98. The third kappa shape index (κ3) is 7.23. The monoisotopic (exact) mass is 561 g/mol. The Bertz CT molecular complexity index is 1580. The lowest BCUT2D eigenvalue weighted by molar-refractivity contribution is -0.119. The number of ether oxygens (including phenoxy) is 2. The predicted molar refractivity (Wildman–Crippen MR) is 152 cm³/mol. The molecule has 0 aromatic heterocycles. The van der Waals surface area contributed by atoms with Gasteiger partial charge in [0.05, 0.1) is 23.9 Å². The van der Waals surface area contributed by atoms with E-state index >= 15 is 0 Å². The highest BCUT2D eigenvalue weighted by Crippen LogP contribution is 2.28. The second-order valence-electron chi connectivity index (χ2n) is 8.78. The number of hydrogen-bond donors (Lipinski definition) is 1. The molecule has 40 heavy (non-hydrogen) atoms. The molecule has 8 nitrogen and oxygen atoms in total. The molecular weight excluding hydrogens is 533 g/mol. The number of benzene rings is 4. The molecule has 0 saturated carbocycles. The van der Waals surface area contributed by atoms with Crippen LogP contribution in [0.5, 0.6) is 11.5 Å². The van der Waals surface area contributed by atoms with E-state index in [0.717, 1.165) is 39.7 Å². The largest absolute Gasteiger partial charge is 0.493 e. The molecule has 0 heterocycles. The summed E-state index contributed by atoms with van der Waals surface area (Å²) in [6.07, 6.45) is 1.41. The van der Waals surface area contributed by atoms with Gasteiger partial charge in [0.15, 0.2) is 11.5 Å². The molecule has 10 heteroatoms. The number of aryl methyl sites for hydroxylation is 1. The molecule has 0 aliphatic heterocycles. The fourth-order valence-corrected chi connectivity index (χ4v) is 5.14. The van der Waals surface area contributed by atoms with E-state index in [-0.39, 0.29) is 10.6 Å². The lowest BCUT2D eigenvalue weighted by Gasteiger charge is -2.23. The maximum absolute atomic E-state index is 13.4. The number of hydrogen-bond acceptors (Lipinski definition) is 6. The number of halogens is 1. The first-order chi connectivity index (χ1) is 19.3. The van der Waals surface area contributed by atoms with Crippen molar-refractivity contribution in [2.24, 2.45) is 5.10 Å². The number of methoxy groups -OCH3 is 1. The van der Waals surface area contributed by atoms with Crippen molar-refractivity contribution >= 4 is 27.8 Å². The Morgan fingerprint density at radius 2 is 1.65 bits per heavy atom. The van der Waals surface area contributed by atoms with E-state index in [1.807, 2.05) is 37.3 Å². The number of anilines is 1. The zero-order chi connectivity index (χ0) is 28.5. The van der Waals surface area contributed by atoms with Crippen molar-refractivity contribution < 1.29 is 27.1 Å². The molecule has 0 bridgehead atoms. The lowest BCUT2D eigenvalue weighted by Crippen LogP contribution is -2.39. The van der Waals surface area contributed by atoms with Gasteiger partial charge >= 0.3 is 0 Å². The molecule has 4 rings (SSSR count). The zero-order valence-corrected chi connectivity index (χ0v) is 22.8. The highest BCUT2D eigenvalue weighted by Gasteiger charge is 2.27. The maximum Gasteiger partial charge on any atom is 0.264 e. The SMILES string of the molecule is COc1cc(/C=N\NC(=O)CN(c2ccc(C)cc2)S(=O)(=O)c2ccc(F)cc2)ccc1OCc1ccccc1. The molecule has 206 valence electrons. The van der Waals surface area contributed by atoms with Crippen molar-refractivity contribution in [3.63, 3.8) is 0 Å². The Balaban J connectivity index is 1.45. The van der Waals surface area contributed by atoms with Gasteiger partial charge in [0, 0.05) is 0 Å². The molecule has 0 atom stereocenters. The van der Waals surface area contributed by atoms with Crippen LogP contribution in [-0.4, -0.2) is 34.2 Å². The smallest absolute Gasteiger partial charge is 0.264 e. The van der Waals surface area contributed by atoms with E-state index in [9.17, 15) is 17.6 Å². The number of hydrazone groups is 1. The molecular formula is C30H28FN3O5S. The molecule has 0 radical (unpaired) electrons. The fourth-order valence-electron chi connectivity index (χ4n) is 3.72. The topological polar surface area (TPSA) is 97.3 Å². The van der Waals surface area contributed by atoms with Gasteiger partial charge in [0.1, 0.15) is 19.0 Å². The first-order valence-electron chi connectivity index (χ1n) is 12.3. The van der Waals surface area contributed by atoms with Gasteiger partial charge in [0.25, 0.3) is 15.9 Å². The van der Waals surface area contributed by atoms with Crippen LogP contribution in [0.1, 0.15) is 16.7 Å². The molecule has 4 aromatic carbocycles. The molecule has 0 aliphatic carbocycles. The summed E-state index contributed by atoms with van der Waals surface area (Å²) < 4.78 is 52.4. The number of carbonyl (C=O) groups excluding carboxylic acids is 1. The normalized spacial score (nSPS) is 11.3. The average molecular weight is 562 g/mol. The summed E-state index contributed by atoms with van der Waals surface area (Å²) in [7, 11) is -2.65. The van der Waals surface area contributed by atoms with Crippen molar-refractivity contribution in [1.29, 1.82) is 0 Å². The molecule has 0 saturated heterocycles. The molecule has 1 N–H and O–H groups in total. The van der Waals surface area contributed by atoms with E-state index in [1.54, 1.807) is 42.5 Å². The van der Waals surface area contributed by atoms with E-state index in [2.05, 4.69) is 10.5 Å². The molecule has 0 spiro atoms. The summed E-state index contributed by atoms with van der Waals surface area (Å²) >= 11 is 0. The molecule has 0 fully saturated rings. The third-order valence-corrected chi connectivity index (χ3v) is 7.63. The summed E-state index contributed by atoms with van der Waals surface area (Å²) in [6, 6.07) is 26.0. The first kappa shape index (κ1) is 28.3. The van der Waals surface area contributed by atoms with Crippen molar-refractivity contribution in [3.05, 3.63) is 120 Å². The van der Waals surface area contributed by atoms with Crippen LogP contribution in [0.2, 0.25) is 0 Å². The first-order valence-corrected chi connectivity index (χ1v) is 13.7. The highest BCUT2D eigenvalue weighted by atomic mass is 32.2. The average Bonchev–Trinajstić information content (AvgIpc) is 2.96. The summed E-state index contributed by atoms with van der Waals surface area (Å²) in [5.74, 6) is -0.202. The minimum Gasteiger partial charge on any atom is -0.493 e. The quantitative estimate of drug-likeness (QED) is 0.204. The van der Waals surface area contributed by atoms with Gasteiger partial charge in [-0.05, 0) is 72.6 Å². The van der Waals surface area contributed by atoms with Crippen molar-refractivity contribution in [2.75, 3.05) is 18.0 Å². The Hall–Kier alpha value is -4.70. The van der Waals surface area contributed by atoms with Crippen LogP contribution >= 0.6 is 0 Å². The number of nitrogens with one attached hydrogen (secondary N) is 1. The van der Waals surface area contributed by atoms with Gasteiger partial charge in [-0.2, -0.15) is 5.10 Å². The standard InChI is InChI=1S/C30H28FN3O5S/c1-22-8-13-26(14-9-22)34(40(36,37)27-15-11-25(31)12-16-27)20-30(35)33-32-19-24-10-17-28(29(18-24)38-2)39-21-23-6-4-3-5-7-23/h3-19H,20-21H2,1-2H3,(H,33,35)/b32-19-. The van der Waals surface area contributed by atoms with E-state index in [0.29, 0.717) is 23.7 Å². The molecule has 0 unspecified atom stereocenters. The minimum atomic E-state index is -4.17. The number of amides is 1. The van der Waals surface area contributed by atoms with Crippen LogP contribution in [0.15, 0.2) is 107 Å². The Labute approximate surface area is 232 Å². The molecule has 0 aliphatic rings. The van der Waals surface area contributed by atoms with Gasteiger partial charge in [-0.25, -0.2) is 18.2 Å². The van der Waals surface area contributed by atoms with Crippen molar-refractivity contribution in [1.82, 2.24) is 5.43 Å². The van der Waals surface area contributed by atoms with Crippen molar-refractivity contribution in [3.8, 4) is 11.5 Å². The number of nitrogens with zero attached hydrogens (tertiary/aromatic N) is 2. The zero-order valence-electron chi connectivity index (χ0n) is 22.0.